The van der Waals surface area contributed by atoms with Crippen LogP contribution in [-0.4, -0.2) is 94.4 Å². The number of carbonyl (C=O) groups is 3. The third-order valence-corrected chi connectivity index (χ3v) is 13.6. The fourth-order valence-corrected chi connectivity index (χ4v) is 10.1. The van der Waals surface area contributed by atoms with E-state index in [0.29, 0.717) is 50.7 Å². The molecule has 1 amide bonds. The highest BCUT2D eigenvalue weighted by molar-refractivity contribution is 6.00. The maximum Gasteiger partial charge on any atom is 0.316 e. The molecule has 2 heterocycles. The monoisotopic (exact) mass is 807 g/mol. The van der Waals surface area contributed by atoms with Crippen molar-refractivity contribution in [2.75, 3.05) is 13.6 Å². The fraction of sp³-hybridized carbons (Fsp3) is 0.708. The molecule has 1 aromatic rings. The second-order valence-corrected chi connectivity index (χ2v) is 18.3. The highest BCUT2D eigenvalue weighted by Crippen LogP contribution is 2.47. The van der Waals surface area contributed by atoms with Gasteiger partial charge >= 0.3 is 5.97 Å². The van der Waals surface area contributed by atoms with Gasteiger partial charge in [0, 0.05) is 30.5 Å². The Kier molecular flexibility index (Phi) is 17.2. The van der Waals surface area contributed by atoms with Gasteiger partial charge in [-0.05, 0) is 109 Å². The number of nitrogens with zero attached hydrogens (tertiary/aromatic N) is 2. The number of ketones is 1. The van der Waals surface area contributed by atoms with Crippen LogP contribution in [0.3, 0.4) is 0 Å². The molecule has 3 fully saturated rings. The molecule has 10 nitrogen and oxygen atoms in total. The zero-order chi connectivity index (χ0) is 42.9. The number of aliphatic imine (C=N–C) groups is 1. The lowest BCUT2D eigenvalue weighted by atomic mass is 9.65. The Hall–Kier alpha value is -3.02. The number of esters is 1. The van der Waals surface area contributed by atoms with Gasteiger partial charge in [0.15, 0.2) is 12.1 Å². The van der Waals surface area contributed by atoms with Gasteiger partial charge in [-0.25, -0.2) is 4.99 Å². The van der Waals surface area contributed by atoms with Crippen molar-refractivity contribution in [1.82, 2.24) is 4.90 Å². The zero-order valence-electron chi connectivity index (χ0n) is 37.3. The standard InChI is InChI=1S/C48H74N2O8/c1-12-14-27-50(11)39-28-31(4)56-46(43(39)53)58-44-33(6)42(52)34(7)45(54)57-40(13-2)48(10,55)38-24-23-37(22-18-21-36-19-16-15-17-20-36)25-26-47(44,9)29-30(3)41(32(38)5)49-35(8)51/h15-22,30-34,38-40,43-44,46,53,55H,12-14,23-29H2,1-11H3/b21-18+,37-22+,49-41?/t30-,31-,32-,33+,34-,38-,39+,40-,43-,44-,46+,47-,48+/m1/s1. The molecule has 0 unspecified atom stereocenters. The molecular weight excluding hydrogens is 733 g/mol. The van der Waals surface area contributed by atoms with Crippen molar-refractivity contribution in [3.63, 3.8) is 0 Å². The largest absolute Gasteiger partial charge is 0.459 e. The number of unbranched alkanes of at least 4 members (excludes halogenated alkanes) is 1. The molecule has 2 aliphatic heterocycles. The summed E-state index contributed by atoms with van der Waals surface area (Å²) in [6.45, 7) is 19.6. The van der Waals surface area contributed by atoms with E-state index in [0.717, 1.165) is 30.5 Å². The summed E-state index contributed by atoms with van der Waals surface area (Å²) in [6.07, 6.45) is 8.27. The van der Waals surface area contributed by atoms with Crippen LogP contribution in [0.2, 0.25) is 0 Å². The van der Waals surface area contributed by atoms with Gasteiger partial charge in [-0.2, -0.15) is 0 Å². The first-order valence-corrected chi connectivity index (χ1v) is 22.0. The first kappa shape index (κ1) is 47.7. The maximum atomic E-state index is 14.6. The first-order valence-electron chi connectivity index (χ1n) is 22.0. The van der Waals surface area contributed by atoms with Crippen LogP contribution in [0.1, 0.15) is 133 Å². The molecule has 3 aliphatic rings. The lowest BCUT2D eigenvalue weighted by Crippen LogP contribution is -2.58. The number of carbonyl (C=O) groups excluding carboxylic acids is 3. The van der Waals surface area contributed by atoms with Crippen molar-refractivity contribution >= 4 is 29.4 Å². The van der Waals surface area contributed by atoms with Gasteiger partial charge in [-0.15, -0.1) is 0 Å². The molecular formula is C48H74N2O8. The molecule has 4 rings (SSSR count). The topological polar surface area (TPSA) is 135 Å². The predicted octanol–water partition coefficient (Wildman–Crippen LogP) is 8.38. The number of aliphatic hydroxyl groups excluding tert-OH is 1. The van der Waals surface area contributed by atoms with E-state index in [9.17, 15) is 24.6 Å². The van der Waals surface area contributed by atoms with Gasteiger partial charge in [-0.1, -0.05) is 102 Å². The number of hydrogen-bond donors (Lipinski definition) is 2. The van der Waals surface area contributed by atoms with E-state index in [2.05, 4.69) is 61.0 Å². The molecule has 10 heteroatoms. The van der Waals surface area contributed by atoms with Crippen LogP contribution >= 0.6 is 0 Å². The Morgan fingerprint density at radius 3 is 2.38 bits per heavy atom. The number of ether oxygens (including phenoxy) is 3. The summed E-state index contributed by atoms with van der Waals surface area (Å²) in [5.41, 5.74) is 0.652. The summed E-state index contributed by atoms with van der Waals surface area (Å²) in [6, 6.07) is 9.90. The maximum absolute atomic E-state index is 14.6. The zero-order valence-corrected chi connectivity index (χ0v) is 37.3. The molecule has 1 saturated carbocycles. The number of hydrogen-bond acceptors (Lipinski definition) is 9. The molecule has 1 aromatic carbocycles. The van der Waals surface area contributed by atoms with Gasteiger partial charge in [-0.3, -0.25) is 14.4 Å². The summed E-state index contributed by atoms with van der Waals surface area (Å²) in [7, 11) is 2.03. The summed E-state index contributed by atoms with van der Waals surface area (Å²) in [5, 5.41) is 24.6. The Labute approximate surface area is 348 Å². The van der Waals surface area contributed by atoms with E-state index in [1.807, 2.05) is 52.9 Å². The number of allylic oxidation sites excluding steroid dienone is 3. The summed E-state index contributed by atoms with van der Waals surface area (Å²) >= 11 is 0. The van der Waals surface area contributed by atoms with Gasteiger partial charge in [0.2, 0.25) is 5.91 Å². The van der Waals surface area contributed by atoms with Crippen molar-refractivity contribution in [3.05, 3.63) is 53.6 Å². The third-order valence-electron chi connectivity index (χ3n) is 13.6. The second-order valence-electron chi connectivity index (χ2n) is 18.3. The first-order chi connectivity index (χ1) is 27.3. The molecule has 58 heavy (non-hydrogen) atoms. The fourth-order valence-electron chi connectivity index (χ4n) is 10.1. The van der Waals surface area contributed by atoms with Crippen molar-refractivity contribution in [1.29, 1.82) is 0 Å². The Morgan fingerprint density at radius 2 is 1.74 bits per heavy atom. The number of benzene rings is 1. The number of rotatable bonds is 9. The third kappa shape index (κ3) is 11.6. The number of aliphatic hydroxyl groups is 2. The van der Waals surface area contributed by atoms with Crippen LogP contribution in [0.15, 0.2) is 53.0 Å². The van der Waals surface area contributed by atoms with Crippen molar-refractivity contribution < 1.29 is 38.8 Å². The van der Waals surface area contributed by atoms with E-state index < -0.39 is 59.3 Å². The Bertz CT molecular complexity index is 1620. The molecule has 324 valence electrons. The average Bonchev–Trinajstić information content (AvgIpc) is 3.19. The number of amides is 1. The van der Waals surface area contributed by atoms with Gasteiger partial charge in [0.1, 0.15) is 23.7 Å². The quantitative estimate of drug-likeness (QED) is 0.186. The number of Topliss-reactive ketones (excluding diaryl/α,β-unsaturated/α-hetero) is 1. The normalized spacial score (nSPS) is 38.7. The van der Waals surface area contributed by atoms with Crippen LogP contribution in [-0.2, 0) is 28.6 Å². The van der Waals surface area contributed by atoms with Crippen LogP contribution in [0.25, 0.3) is 6.08 Å². The summed E-state index contributed by atoms with van der Waals surface area (Å²) in [4.78, 5) is 48.4. The highest BCUT2D eigenvalue weighted by atomic mass is 16.7. The average molecular weight is 807 g/mol. The van der Waals surface area contributed by atoms with Crippen molar-refractivity contribution in [3.8, 4) is 0 Å². The number of cyclic esters (lactones) is 1. The smallest absolute Gasteiger partial charge is 0.316 e. The van der Waals surface area contributed by atoms with Crippen LogP contribution in [0.5, 0.6) is 0 Å². The minimum Gasteiger partial charge on any atom is -0.459 e. The molecule has 1 aliphatic carbocycles. The van der Waals surface area contributed by atoms with Crippen molar-refractivity contribution in [2.24, 2.45) is 40.0 Å². The van der Waals surface area contributed by atoms with E-state index in [-0.39, 0.29) is 35.7 Å². The van der Waals surface area contributed by atoms with Gasteiger partial charge in [0.05, 0.1) is 12.2 Å². The van der Waals surface area contributed by atoms with E-state index in [1.165, 1.54) is 6.92 Å². The summed E-state index contributed by atoms with van der Waals surface area (Å²) in [5.74, 6) is -4.39. The second kappa shape index (κ2) is 21.0. The van der Waals surface area contributed by atoms with Crippen LogP contribution in [0, 0.1) is 35.0 Å². The van der Waals surface area contributed by atoms with E-state index in [4.69, 9.17) is 14.2 Å². The molecule has 13 atom stereocenters. The lowest BCUT2D eigenvalue weighted by molar-refractivity contribution is -0.287. The summed E-state index contributed by atoms with van der Waals surface area (Å²) < 4.78 is 19.6. The molecule has 0 radical (unpaired) electrons. The Morgan fingerprint density at radius 1 is 1.05 bits per heavy atom. The lowest BCUT2D eigenvalue weighted by Gasteiger charge is -2.48. The van der Waals surface area contributed by atoms with E-state index >= 15 is 0 Å². The van der Waals surface area contributed by atoms with Gasteiger partial charge in [0.25, 0.3) is 0 Å². The molecule has 2 N–H and O–H groups in total. The van der Waals surface area contributed by atoms with Crippen molar-refractivity contribution in [2.45, 2.75) is 169 Å². The van der Waals surface area contributed by atoms with E-state index in [1.54, 1.807) is 13.8 Å². The van der Waals surface area contributed by atoms with Crippen LogP contribution in [0.4, 0.5) is 0 Å². The highest BCUT2D eigenvalue weighted by Gasteiger charge is 2.51. The SMILES string of the molecule is CCCCN(C)[C@H]1C[C@@H](C)O[C@@H](O[C@@H]2[C@@H](C)C(=O)[C@@H](C)C(=O)O[C@H](CC)[C@@](C)(O)[C@@H]3CC/C(=C\C=C\c4ccccc4)CC[C@]2(C)C[C@@H](C)C(=NC(C)=O)[C@@H]3C)[C@@H]1O. The molecule has 0 aromatic heterocycles. The molecule has 2 saturated heterocycles. The molecule has 0 spiro atoms. The van der Waals surface area contributed by atoms with Gasteiger partial charge < -0.3 is 29.3 Å². The minimum atomic E-state index is -1.51. The number of fused-ring (bicyclic) bond motifs is 5. The number of likely N-dealkylation sites (N-methyl/N-ethyl adjacent to an activating group) is 1. The molecule has 2 bridgehead atoms. The van der Waals surface area contributed by atoms with Crippen LogP contribution < -0.4 is 0 Å². The predicted molar refractivity (Wildman–Crippen MR) is 230 cm³/mol. The Balaban J connectivity index is 1.95. The minimum absolute atomic E-state index is 0.211.